The number of pyridine rings is 1. The monoisotopic (exact) mass is 443 g/mol. The Morgan fingerprint density at radius 3 is 2.70 bits per heavy atom. The van der Waals surface area contributed by atoms with Crippen LogP contribution in [-0.4, -0.2) is 39.6 Å². The summed E-state index contributed by atoms with van der Waals surface area (Å²) in [6.45, 7) is 2.25. The number of fused-ring (bicyclic) bond motifs is 1. The Balaban J connectivity index is 1.65. The van der Waals surface area contributed by atoms with Gasteiger partial charge in [0.1, 0.15) is 12.4 Å². The van der Waals surface area contributed by atoms with Gasteiger partial charge in [0.15, 0.2) is 0 Å². The van der Waals surface area contributed by atoms with E-state index >= 15 is 0 Å². The number of benzene rings is 1. The maximum absolute atomic E-state index is 13.2. The van der Waals surface area contributed by atoms with Gasteiger partial charge in [-0.15, -0.1) is 11.3 Å². The van der Waals surface area contributed by atoms with Gasteiger partial charge in [-0.25, -0.2) is 17.7 Å². The van der Waals surface area contributed by atoms with E-state index in [1.807, 2.05) is 25.1 Å². The lowest BCUT2D eigenvalue weighted by atomic mass is 10.1. The van der Waals surface area contributed by atoms with Crippen molar-refractivity contribution in [3.63, 3.8) is 0 Å². The molecule has 1 aliphatic heterocycles. The first-order valence-corrected chi connectivity index (χ1v) is 11.6. The van der Waals surface area contributed by atoms with Crippen molar-refractivity contribution in [2.45, 2.75) is 18.2 Å². The smallest absolute Gasteiger partial charge is 0.265 e. The number of sulfonamides is 1. The van der Waals surface area contributed by atoms with Crippen molar-refractivity contribution < 1.29 is 17.9 Å². The molecule has 0 fully saturated rings. The molecule has 1 amide bonds. The Labute approximate surface area is 179 Å². The van der Waals surface area contributed by atoms with Crippen LogP contribution in [0.25, 0.3) is 10.4 Å². The Bertz CT molecular complexity index is 1190. The van der Waals surface area contributed by atoms with Crippen molar-refractivity contribution in [3.05, 3.63) is 59.8 Å². The minimum atomic E-state index is -3.68. The van der Waals surface area contributed by atoms with Gasteiger partial charge in [-0.05, 0) is 43.7 Å². The molecule has 156 valence electrons. The quantitative estimate of drug-likeness (QED) is 0.630. The van der Waals surface area contributed by atoms with Gasteiger partial charge >= 0.3 is 0 Å². The largest absolute Gasteiger partial charge is 0.375 e. The fourth-order valence-corrected chi connectivity index (χ4v) is 5.85. The third kappa shape index (κ3) is 3.83. The second-order valence-electron chi connectivity index (χ2n) is 6.95. The number of carbonyl (C=O) groups is 1. The van der Waals surface area contributed by atoms with E-state index in [4.69, 9.17) is 4.74 Å². The molecule has 3 heterocycles. The van der Waals surface area contributed by atoms with Gasteiger partial charge < -0.3 is 10.1 Å². The molecule has 0 radical (unpaired) electrons. The van der Waals surface area contributed by atoms with Gasteiger partial charge in [0.2, 0.25) is 0 Å². The number of nitrogens with zero attached hydrogens (tertiary/aromatic N) is 2. The molecule has 0 saturated carbocycles. The van der Waals surface area contributed by atoms with Crippen LogP contribution >= 0.6 is 11.3 Å². The highest BCUT2D eigenvalue weighted by Crippen LogP contribution is 2.40. The first-order chi connectivity index (χ1) is 14.4. The molecule has 0 saturated heterocycles. The van der Waals surface area contributed by atoms with Crippen molar-refractivity contribution in [2.75, 3.05) is 29.9 Å². The lowest BCUT2D eigenvalue weighted by molar-refractivity contribution is -0.119. The molecule has 4 rings (SSSR count). The highest BCUT2D eigenvalue weighted by atomic mass is 32.2. The first-order valence-electron chi connectivity index (χ1n) is 9.36. The molecule has 0 unspecified atom stereocenters. The highest BCUT2D eigenvalue weighted by Gasteiger charge is 2.33. The third-order valence-corrected chi connectivity index (χ3v) is 7.69. The topological polar surface area (TPSA) is 88.6 Å². The van der Waals surface area contributed by atoms with E-state index in [1.54, 1.807) is 30.5 Å². The number of nitrogens with one attached hydrogen (secondary N) is 1. The molecule has 2 aromatic heterocycles. The Morgan fingerprint density at radius 2 is 1.97 bits per heavy atom. The van der Waals surface area contributed by atoms with Crippen molar-refractivity contribution in [1.29, 1.82) is 0 Å². The molecule has 0 spiro atoms. The van der Waals surface area contributed by atoms with Crippen molar-refractivity contribution >= 4 is 38.1 Å². The summed E-state index contributed by atoms with van der Waals surface area (Å²) in [5.41, 5.74) is 2.82. The average Bonchev–Trinajstić information content (AvgIpc) is 3.35. The number of aryl methyl sites for hydroxylation is 1. The van der Waals surface area contributed by atoms with E-state index in [0.717, 1.165) is 21.6 Å². The molecule has 0 atom stereocenters. The summed E-state index contributed by atoms with van der Waals surface area (Å²) in [5, 5.41) is 3.50. The molecule has 1 aromatic carbocycles. The Hall–Kier alpha value is -2.75. The molecular weight excluding hydrogens is 422 g/mol. The average molecular weight is 444 g/mol. The summed E-state index contributed by atoms with van der Waals surface area (Å²) in [6.07, 6.45) is 2.20. The fourth-order valence-electron chi connectivity index (χ4n) is 3.42. The predicted molar refractivity (Wildman–Crippen MR) is 117 cm³/mol. The van der Waals surface area contributed by atoms with E-state index in [0.29, 0.717) is 23.8 Å². The molecule has 1 aliphatic rings. The second kappa shape index (κ2) is 8.17. The van der Waals surface area contributed by atoms with E-state index in [-0.39, 0.29) is 17.4 Å². The number of thiophene rings is 1. The zero-order valence-corrected chi connectivity index (χ0v) is 18.2. The molecule has 1 N–H and O–H groups in total. The number of anilines is 2. The van der Waals surface area contributed by atoms with Crippen molar-refractivity contribution in [3.8, 4) is 10.4 Å². The van der Waals surface area contributed by atoms with Crippen molar-refractivity contribution in [1.82, 2.24) is 4.98 Å². The standard InChI is InChI=1S/C21H21N3O4S2/c1-14-3-5-15(6-4-14)30(26,27)24-12-10-17-16(9-11-22-21(17)24)18-7-8-20(29-18)23-19(25)13-28-2/h3-9,11H,10,12-13H2,1-2H3,(H,23,25). The molecule has 9 heteroatoms. The number of hydrogen-bond acceptors (Lipinski definition) is 6. The summed E-state index contributed by atoms with van der Waals surface area (Å²) in [7, 11) is -2.21. The number of ether oxygens (including phenoxy) is 1. The van der Waals surface area contributed by atoms with Crippen molar-refractivity contribution in [2.24, 2.45) is 0 Å². The van der Waals surface area contributed by atoms with Crippen LogP contribution in [0, 0.1) is 6.92 Å². The Kier molecular flexibility index (Phi) is 5.59. The number of hydrogen-bond donors (Lipinski definition) is 1. The van der Waals surface area contributed by atoms with E-state index in [1.165, 1.54) is 22.8 Å². The summed E-state index contributed by atoms with van der Waals surface area (Å²) in [4.78, 5) is 17.3. The highest BCUT2D eigenvalue weighted by molar-refractivity contribution is 7.92. The lowest BCUT2D eigenvalue weighted by Crippen LogP contribution is -2.29. The van der Waals surface area contributed by atoms with Crippen LogP contribution in [0.3, 0.4) is 0 Å². The molecule has 0 bridgehead atoms. The number of aromatic nitrogens is 1. The maximum atomic E-state index is 13.2. The first kappa shape index (κ1) is 20.5. The Morgan fingerprint density at radius 1 is 1.20 bits per heavy atom. The SMILES string of the molecule is COCC(=O)Nc1ccc(-c2ccnc3c2CCN3S(=O)(=O)c2ccc(C)cc2)s1. The lowest BCUT2D eigenvalue weighted by Gasteiger charge is -2.19. The van der Waals surface area contributed by atoms with E-state index < -0.39 is 10.0 Å². The van der Waals surface area contributed by atoms with Crippen LogP contribution in [0.15, 0.2) is 53.6 Å². The van der Waals surface area contributed by atoms with Crippen LogP contribution in [0.4, 0.5) is 10.8 Å². The minimum absolute atomic E-state index is 0.0102. The summed E-state index contributed by atoms with van der Waals surface area (Å²) >= 11 is 1.43. The third-order valence-electron chi connectivity index (χ3n) is 4.85. The van der Waals surface area contributed by atoms with Gasteiger partial charge in [0.05, 0.1) is 9.90 Å². The molecule has 0 aliphatic carbocycles. The van der Waals surface area contributed by atoms with Gasteiger partial charge in [0.25, 0.3) is 15.9 Å². The summed E-state index contributed by atoms with van der Waals surface area (Å²) in [5.74, 6) is 0.243. The molecule has 30 heavy (non-hydrogen) atoms. The molecule has 3 aromatic rings. The normalized spacial score (nSPS) is 13.3. The van der Waals surface area contributed by atoms with Crippen LogP contribution in [0.1, 0.15) is 11.1 Å². The maximum Gasteiger partial charge on any atom is 0.265 e. The molecular formula is C21H21N3O4S2. The van der Waals surface area contributed by atoms with Crippen LogP contribution in [-0.2, 0) is 26.0 Å². The predicted octanol–water partition coefficient (Wildman–Crippen LogP) is 3.45. The number of amides is 1. The van der Waals surface area contributed by atoms with Crippen LogP contribution in [0.5, 0.6) is 0 Å². The zero-order valence-electron chi connectivity index (χ0n) is 16.6. The van der Waals surface area contributed by atoms with Gasteiger partial charge in [-0.3, -0.25) is 4.79 Å². The second-order valence-corrected chi connectivity index (χ2v) is 9.89. The fraction of sp³-hybridized carbons (Fsp3) is 0.238. The number of rotatable bonds is 6. The zero-order chi connectivity index (χ0) is 21.3. The van der Waals surface area contributed by atoms with Gasteiger partial charge in [-0.1, -0.05) is 17.7 Å². The number of carbonyl (C=O) groups excluding carboxylic acids is 1. The van der Waals surface area contributed by atoms with Crippen LogP contribution < -0.4 is 9.62 Å². The van der Waals surface area contributed by atoms with E-state index in [9.17, 15) is 13.2 Å². The molecule has 7 nitrogen and oxygen atoms in total. The van der Waals surface area contributed by atoms with Gasteiger partial charge in [0, 0.05) is 35.9 Å². The van der Waals surface area contributed by atoms with Crippen LogP contribution in [0.2, 0.25) is 0 Å². The van der Waals surface area contributed by atoms with Gasteiger partial charge in [-0.2, -0.15) is 0 Å². The van der Waals surface area contributed by atoms with E-state index in [2.05, 4.69) is 10.3 Å². The minimum Gasteiger partial charge on any atom is -0.375 e. The summed E-state index contributed by atoms with van der Waals surface area (Å²) in [6, 6.07) is 12.5. The summed E-state index contributed by atoms with van der Waals surface area (Å²) < 4.78 is 32.6. The number of methoxy groups -OCH3 is 1.